The number of piperidine rings is 1. The average molecular weight is 640 g/mol. The molecule has 1 amide bonds. The number of carbonyl (C=O) groups is 1. The van der Waals surface area contributed by atoms with E-state index < -0.39 is 6.04 Å². The van der Waals surface area contributed by atoms with Gasteiger partial charge in [0.25, 0.3) is 17.2 Å². The number of anilines is 1. The number of nitro benzene ring substituents is 1. The Morgan fingerprint density at radius 1 is 1.11 bits per heavy atom. The van der Waals surface area contributed by atoms with E-state index in [-0.39, 0.29) is 22.1 Å². The highest BCUT2D eigenvalue weighted by Crippen LogP contribution is 2.40. The fraction of sp³-hybridized carbons (Fsp3) is 0.343. The molecule has 2 aliphatic heterocycles. The molecule has 1 fully saturated rings. The van der Waals surface area contributed by atoms with Crippen LogP contribution in [-0.4, -0.2) is 53.6 Å². The van der Waals surface area contributed by atoms with Crippen molar-refractivity contribution >= 4 is 45.5 Å². The molecule has 0 bridgehead atoms. The molecule has 0 spiro atoms. The van der Waals surface area contributed by atoms with Crippen molar-refractivity contribution in [1.29, 1.82) is 0 Å². The monoisotopic (exact) mass is 639 g/mol. The molecule has 1 saturated heterocycles. The zero-order chi connectivity index (χ0) is 32.5. The predicted octanol–water partition coefficient (Wildman–Crippen LogP) is 5.16. The number of amides is 1. The Bertz CT molecular complexity index is 2050. The molecular formula is C35H37N5O5S. The van der Waals surface area contributed by atoms with E-state index in [0.29, 0.717) is 56.3 Å². The number of thiazole rings is 1. The molecule has 0 saturated carbocycles. The van der Waals surface area contributed by atoms with Gasteiger partial charge in [0.15, 0.2) is 4.80 Å². The van der Waals surface area contributed by atoms with Crippen LogP contribution in [0.2, 0.25) is 0 Å². The van der Waals surface area contributed by atoms with Gasteiger partial charge in [0.05, 0.1) is 27.8 Å². The first-order valence-electron chi connectivity index (χ1n) is 15.7. The molecule has 3 heterocycles. The third-order valence-electron chi connectivity index (χ3n) is 8.92. The molecule has 1 aromatic heterocycles. The summed E-state index contributed by atoms with van der Waals surface area (Å²) in [7, 11) is 1.58. The summed E-state index contributed by atoms with van der Waals surface area (Å²) in [6.45, 7) is 8.23. The predicted molar refractivity (Wildman–Crippen MR) is 181 cm³/mol. The highest BCUT2D eigenvalue weighted by Gasteiger charge is 2.36. The highest BCUT2D eigenvalue weighted by molar-refractivity contribution is 7.07. The standard InChI is InChI=1S/C35H37N5O5S/c1-5-37(6-2)34(42)30-22(3)36-35-39(32(30)31-25-13-9-8-12-24(25)15-17-28(31)45-4)33(41)29(46-35)21-23-14-16-26(27(20-23)40(43)44)38-18-10-7-11-19-38/h8-9,12-17,20-21,32H,5-7,10-11,18-19H2,1-4H3/b29-21-/t32-/m1/s1. The van der Waals surface area contributed by atoms with Gasteiger partial charge >= 0.3 is 0 Å². The van der Waals surface area contributed by atoms with Gasteiger partial charge in [-0.2, -0.15) is 0 Å². The van der Waals surface area contributed by atoms with E-state index in [2.05, 4.69) is 4.90 Å². The van der Waals surface area contributed by atoms with E-state index in [0.717, 1.165) is 43.1 Å². The molecule has 11 heteroatoms. The van der Waals surface area contributed by atoms with Crippen LogP contribution in [0.3, 0.4) is 0 Å². The number of hydrogen-bond donors (Lipinski definition) is 0. The number of methoxy groups -OCH3 is 1. The second-order valence-electron chi connectivity index (χ2n) is 11.5. The lowest BCUT2D eigenvalue weighted by Gasteiger charge is -2.30. The quantitative estimate of drug-likeness (QED) is 0.195. The molecule has 10 nitrogen and oxygen atoms in total. The van der Waals surface area contributed by atoms with Crippen molar-refractivity contribution in [3.8, 4) is 5.75 Å². The van der Waals surface area contributed by atoms with Gasteiger partial charge in [-0.25, -0.2) is 4.99 Å². The molecule has 0 N–H and O–H groups in total. The van der Waals surface area contributed by atoms with Gasteiger partial charge in [0.1, 0.15) is 17.5 Å². The lowest BCUT2D eigenvalue weighted by Crippen LogP contribution is -2.43. The average Bonchev–Trinajstić information content (AvgIpc) is 3.37. The van der Waals surface area contributed by atoms with Crippen molar-refractivity contribution in [3.63, 3.8) is 0 Å². The maximum absolute atomic E-state index is 14.4. The first-order valence-corrected chi connectivity index (χ1v) is 16.5. The van der Waals surface area contributed by atoms with Crippen LogP contribution < -0.4 is 24.5 Å². The van der Waals surface area contributed by atoms with Gasteiger partial charge in [-0.1, -0.05) is 47.7 Å². The molecule has 3 aromatic carbocycles. The first-order chi connectivity index (χ1) is 22.3. The Morgan fingerprint density at radius 3 is 2.54 bits per heavy atom. The van der Waals surface area contributed by atoms with Gasteiger partial charge < -0.3 is 14.5 Å². The number of rotatable bonds is 8. The third-order valence-corrected chi connectivity index (χ3v) is 9.90. The maximum Gasteiger partial charge on any atom is 0.293 e. The summed E-state index contributed by atoms with van der Waals surface area (Å²) in [5.74, 6) is 0.367. The second kappa shape index (κ2) is 12.9. The number of fused-ring (bicyclic) bond motifs is 2. The molecule has 6 rings (SSSR count). The van der Waals surface area contributed by atoms with Crippen molar-refractivity contribution in [3.05, 3.63) is 107 Å². The molecule has 2 aliphatic rings. The van der Waals surface area contributed by atoms with E-state index in [1.807, 2.05) is 56.3 Å². The molecule has 0 unspecified atom stereocenters. The molecule has 0 aliphatic carbocycles. The van der Waals surface area contributed by atoms with Crippen LogP contribution in [-0.2, 0) is 4.79 Å². The van der Waals surface area contributed by atoms with Crippen molar-refractivity contribution in [2.24, 2.45) is 4.99 Å². The molecule has 46 heavy (non-hydrogen) atoms. The lowest BCUT2D eigenvalue weighted by molar-refractivity contribution is -0.384. The van der Waals surface area contributed by atoms with Crippen LogP contribution in [0.1, 0.15) is 57.2 Å². The van der Waals surface area contributed by atoms with Crippen molar-refractivity contribution in [1.82, 2.24) is 9.47 Å². The number of hydrogen-bond acceptors (Lipinski definition) is 8. The van der Waals surface area contributed by atoms with Crippen LogP contribution in [0, 0.1) is 10.1 Å². The van der Waals surface area contributed by atoms with Crippen LogP contribution in [0.25, 0.3) is 16.8 Å². The largest absolute Gasteiger partial charge is 0.496 e. The second-order valence-corrected chi connectivity index (χ2v) is 12.5. The molecular weight excluding hydrogens is 602 g/mol. The summed E-state index contributed by atoms with van der Waals surface area (Å²) in [5, 5.41) is 14.0. The normalized spacial score (nSPS) is 16.7. The summed E-state index contributed by atoms with van der Waals surface area (Å²) in [6, 6.07) is 16.0. The van der Waals surface area contributed by atoms with Gasteiger partial charge in [-0.15, -0.1) is 0 Å². The first kappa shape index (κ1) is 31.2. The summed E-state index contributed by atoms with van der Waals surface area (Å²) in [6.07, 6.45) is 4.80. The van der Waals surface area contributed by atoms with Gasteiger partial charge in [0, 0.05) is 37.8 Å². The van der Waals surface area contributed by atoms with Crippen molar-refractivity contribution in [2.45, 2.75) is 46.1 Å². The minimum atomic E-state index is -0.802. The molecule has 0 radical (unpaired) electrons. The summed E-state index contributed by atoms with van der Waals surface area (Å²) in [5.41, 5.74) is 2.49. The smallest absolute Gasteiger partial charge is 0.293 e. The zero-order valence-electron chi connectivity index (χ0n) is 26.5. The summed E-state index contributed by atoms with van der Waals surface area (Å²) >= 11 is 1.21. The van der Waals surface area contributed by atoms with Crippen LogP contribution in [0.4, 0.5) is 11.4 Å². The minimum Gasteiger partial charge on any atom is -0.496 e. The van der Waals surface area contributed by atoms with E-state index >= 15 is 0 Å². The Morgan fingerprint density at radius 2 is 1.85 bits per heavy atom. The topological polar surface area (TPSA) is 110 Å². The fourth-order valence-electron chi connectivity index (χ4n) is 6.62. The minimum absolute atomic E-state index is 0.0183. The highest BCUT2D eigenvalue weighted by atomic mass is 32.1. The van der Waals surface area contributed by atoms with E-state index in [1.54, 1.807) is 35.6 Å². The number of nitrogens with zero attached hydrogens (tertiary/aromatic N) is 5. The molecule has 238 valence electrons. The van der Waals surface area contributed by atoms with E-state index in [9.17, 15) is 19.7 Å². The van der Waals surface area contributed by atoms with Crippen molar-refractivity contribution < 1.29 is 14.5 Å². The van der Waals surface area contributed by atoms with Crippen LogP contribution >= 0.6 is 11.3 Å². The number of carbonyl (C=O) groups excluding carboxylic acids is 1. The number of likely N-dealkylation sites (N-methyl/N-ethyl adjacent to an activating group) is 1. The van der Waals surface area contributed by atoms with Gasteiger partial charge in [-0.05, 0) is 74.6 Å². The Labute approximate surface area is 270 Å². The number of benzene rings is 3. The number of allylic oxidation sites excluding steroid dienone is 1. The molecule has 4 aromatic rings. The lowest BCUT2D eigenvalue weighted by atomic mass is 9.90. The number of aromatic nitrogens is 1. The Balaban J connectivity index is 1.57. The number of nitro groups is 1. The molecule has 1 atom stereocenters. The Hall–Kier alpha value is -4.77. The zero-order valence-corrected chi connectivity index (χ0v) is 27.3. The van der Waals surface area contributed by atoms with Crippen molar-refractivity contribution in [2.75, 3.05) is 38.2 Å². The van der Waals surface area contributed by atoms with Crippen LogP contribution in [0.15, 0.2) is 75.7 Å². The summed E-state index contributed by atoms with van der Waals surface area (Å²) in [4.78, 5) is 49.4. The van der Waals surface area contributed by atoms with E-state index in [4.69, 9.17) is 9.73 Å². The SMILES string of the molecule is CCN(CC)C(=O)C1=C(C)N=c2s/c(=C\c3ccc(N4CCCCC4)c([N+](=O)[O-])c3)c(=O)n2[C@H]1c1c(OC)ccc2ccccc12. The van der Waals surface area contributed by atoms with E-state index in [1.165, 1.54) is 17.4 Å². The maximum atomic E-state index is 14.4. The fourth-order valence-corrected chi connectivity index (χ4v) is 7.66. The Kier molecular flexibility index (Phi) is 8.77. The third kappa shape index (κ3) is 5.49. The summed E-state index contributed by atoms with van der Waals surface area (Å²) < 4.78 is 7.82. The van der Waals surface area contributed by atoms with Gasteiger partial charge in [-0.3, -0.25) is 24.3 Å². The van der Waals surface area contributed by atoms with Crippen LogP contribution in [0.5, 0.6) is 5.75 Å². The van der Waals surface area contributed by atoms with Gasteiger partial charge in [0.2, 0.25) is 0 Å². The number of ether oxygens (including phenoxy) is 1.